The maximum Gasteiger partial charge on any atom is 0.183 e. The van der Waals surface area contributed by atoms with Crippen molar-refractivity contribution in [1.82, 2.24) is 9.88 Å². The standard InChI is InChI=1S/C9H17N3S/c1-7(5-12(3)4)10-9-11-8(2)6-13-9/h6-7H,5H2,1-4H3,(H,10,11). The molecule has 0 saturated heterocycles. The number of likely N-dealkylation sites (N-methyl/N-ethyl adjacent to an activating group) is 1. The molecule has 0 aliphatic rings. The predicted octanol–water partition coefficient (Wildman–Crippen LogP) is 1.81. The fraction of sp³-hybridized carbons (Fsp3) is 0.667. The minimum atomic E-state index is 0.445. The minimum Gasteiger partial charge on any atom is -0.358 e. The van der Waals surface area contributed by atoms with Crippen molar-refractivity contribution in [2.75, 3.05) is 26.0 Å². The van der Waals surface area contributed by atoms with Crippen molar-refractivity contribution in [2.45, 2.75) is 19.9 Å². The quantitative estimate of drug-likeness (QED) is 0.801. The van der Waals surface area contributed by atoms with E-state index >= 15 is 0 Å². The molecule has 0 amide bonds. The summed E-state index contributed by atoms with van der Waals surface area (Å²) in [6.07, 6.45) is 0. The van der Waals surface area contributed by atoms with Crippen molar-refractivity contribution in [3.05, 3.63) is 11.1 Å². The molecule has 1 N–H and O–H groups in total. The zero-order valence-electron chi connectivity index (χ0n) is 8.66. The van der Waals surface area contributed by atoms with Gasteiger partial charge < -0.3 is 10.2 Å². The number of aryl methyl sites for hydroxylation is 1. The Morgan fingerprint density at radius 1 is 1.62 bits per heavy atom. The van der Waals surface area contributed by atoms with Crippen LogP contribution < -0.4 is 5.32 Å². The topological polar surface area (TPSA) is 28.2 Å². The molecule has 1 aromatic rings. The minimum absolute atomic E-state index is 0.445. The highest BCUT2D eigenvalue weighted by Gasteiger charge is 2.05. The van der Waals surface area contributed by atoms with Gasteiger partial charge in [0.25, 0.3) is 0 Å². The highest BCUT2D eigenvalue weighted by molar-refractivity contribution is 7.13. The van der Waals surface area contributed by atoms with Crippen LogP contribution in [-0.2, 0) is 0 Å². The van der Waals surface area contributed by atoms with E-state index in [1.165, 1.54) is 0 Å². The second-order valence-electron chi connectivity index (χ2n) is 3.60. The van der Waals surface area contributed by atoms with E-state index in [-0.39, 0.29) is 0 Å². The van der Waals surface area contributed by atoms with Gasteiger partial charge in [-0.3, -0.25) is 0 Å². The van der Waals surface area contributed by atoms with Gasteiger partial charge in [0.15, 0.2) is 5.13 Å². The first kappa shape index (κ1) is 10.5. The maximum atomic E-state index is 4.35. The summed E-state index contributed by atoms with van der Waals surface area (Å²) >= 11 is 1.66. The van der Waals surface area contributed by atoms with Crippen LogP contribution in [0.5, 0.6) is 0 Å². The number of anilines is 1. The Kier molecular flexibility index (Phi) is 3.69. The molecule has 4 heteroatoms. The number of aromatic nitrogens is 1. The van der Waals surface area contributed by atoms with E-state index in [0.29, 0.717) is 6.04 Å². The summed E-state index contributed by atoms with van der Waals surface area (Å²) in [5.41, 5.74) is 1.09. The molecule has 1 unspecified atom stereocenters. The predicted molar refractivity (Wildman–Crippen MR) is 58.5 cm³/mol. The molecule has 0 bridgehead atoms. The van der Waals surface area contributed by atoms with Gasteiger partial charge in [0.2, 0.25) is 0 Å². The maximum absolute atomic E-state index is 4.35. The number of thiazole rings is 1. The molecule has 1 aromatic heterocycles. The van der Waals surface area contributed by atoms with Crippen molar-refractivity contribution < 1.29 is 0 Å². The van der Waals surface area contributed by atoms with Crippen molar-refractivity contribution in [3.63, 3.8) is 0 Å². The molecule has 0 aliphatic heterocycles. The lowest BCUT2D eigenvalue weighted by atomic mass is 10.3. The second-order valence-corrected chi connectivity index (χ2v) is 4.46. The number of hydrogen-bond acceptors (Lipinski definition) is 4. The van der Waals surface area contributed by atoms with Crippen LogP contribution in [0.2, 0.25) is 0 Å². The summed E-state index contributed by atoms with van der Waals surface area (Å²) in [6.45, 7) is 5.20. The molecule has 0 aromatic carbocycles. The SMILES string of the molecule is Cc1csc(NC(C)CN(C)C)n1. The highest BCUT2D eigenvalue weighted by Crippen LogP contribution is 2.15. The van der Waals surface area contributed by atoms with Crippen LogP contribution >= 0.6 is 11.3 Å². The molecule has 74 valence electrons. The number of nitrogens with zero attached hydrogens (tertiary/aromatic N) is 2. The van der Waals surface area contributed by atoms with Crippen molar-refractivity contribution in [2.24, 2.45) is 0 Å². The Hall–Kier alpha value is -0.610. The average molecular weight is 199 g/mol. The molecule has 13 heavy (non-hydrogen) atoms. The first-order valence-electron chi connectivity index (χ1n) is 4.41. The molecule has 0 aliphatic carbocycles. The molecule has 0 spiro atoms. The van der Waals surface area contributed by atoms with Gasteiger partial charge in [0.1, 0.15) is 0 Å². The third-order valence-corrected chi connectivity index (χ3v) is 2.52. The largest absolute Gasteiger partial charge is 0.358 e. The van der Waals surface area contributed by atoms with Gasteiger partial charge in [-0.25, -0.2) is 4.98 Å². The van der Waals surface area contributed by atoms with E-state index in [4.69, 9.17) is 0 Å². The van der Waals surface area contributed by atoms with Crippen LogP contribution in [0.15, 0.2) is 5.38 Å². The van der Waals surface area contributed by atoms with Crippen LogP contribution in [-0.4, -0.2) is 36.6 Å². The molecule has 3 nitrogen and oxygen atoms in total. The average Bonchev–Trinajstić information content (AvgIpc) is 2.33. The van der Waals surface area contributed by atoms with Gasteiger partial charge in [-0.15, -0.1) is 11.3 Å². The molecule has 1 atom stereocenters. The third kappa shape index (κ3) is 3.74. The lowest BCUT2D eigenvalue weighted by Gasteiger charge is -2.17. The van der Waals surface area contributed by atoms with Crippen LogP contribution in [0, 0.1) is 6.92 Å². The lowest BCUT2D eigenvalue weighted by Crippen LogP contribution is -2.29. The van der Waals surface area contributed by atoms with Crippen LogP contribution in [0.3, 0.4) is 0 Å². The van der Waals surface area contributed by atoms with Crippen molar-refractivity contribution in [1.29, 1.82) is 0 Å². The molecule has 0 fully saturated rings. The van der Waals surface area contributed by atoms with E-state index in [0.717, 1.165) is 17.4 Å². The van der Waals surface area contributed by atoms with Crippen molar-refractivity contribution >= 4 is 16.5 Å². The van der Waals surface area contributed by atoms with Crippen LogP contribution in [0.4, 0.5) is 5.13 Å². The van der Waals surface area contributed by atoms with Crippen molar-refractivity contribution in [3.8, 4) is 0 Å². The Balaban J connectivity index is 2.40. The van der Waals surface area contributed by atoms with E-state index in [1.807, 2.05) is 6.92 Å². The van der Waals surface area contributed by atoms with Gasteiger partial charge in [-0.2, -0.15) is 0 Å². The smallest absolute Gasteiger partial charge is 0.183 e. The summed E-state index contributed by atoms with van der Waals surface area (Å²) in [5.74, 6) is 0. The van der Waals surface area contributed by atoms with Gasteiger partial charge >= 0.3 is 0 Å². The van der Waals surface area contributed by atoms with Gasteiger partial charge in [-0.05, 0) is 27.9 Å². The first-order valence-corrected chi connectivity index (χ1v) is 5.29. The first-order chi connectivity index (χ1) is 6.08. The van der Waals surface area contributed by atoms with Crippen LogP contribution in [0.25, 0.3) is 0 Å². The number of hydrogen-bond donors (Lipinski definition) is 1. The molecule has 0 saturated carbocycles. The zero-order valence-corrected chi connectivity index (χ0v) is 9.48. The van der Waals surface area contributed by atoms with E-state index in [9.17, 15) is 0 Å². The third-order valence-electron chi connectivity index (χ3n) is 1.63. The number of rotatable bonds is 4. The molecular formula is C9H17N3S. The summed E-state index contributed by atoms with van der Waals surface area (Å²) in [4.78, 5) is 6.51. The normalized spacial score (nSPS) is 13.3. The number of nitrogens with one attached hydrogen (secondary N) is 1. The van der Waals surface area contributed by atoms with Gasteiger partial charge in [0, 0.05) is 18.0 Å². The van der Waals surface area contributed by atoms with E-state index < -0.39 is 0 Å². The second kappa shape index (κ2) is 4.58. The molecule has 0 radical (unpaired) electrons. The van der Waals surface area contributed by atoms with Gasteiger partial charge in [0.05, 0.1) is 5.69 Å². The summed E-state index contributed by atoms with van der Waals surface area (Å²) in [6, 6.07) is 0.445. The summed E-state index contributed by atoms with van der Waals surface area (Å²) in [5, 5.41) is 6.44. The van der Waals surface area contributed by atoms with Gasteiger partial charge in [-0.1, -0.05) is 0 Å². The molecule has 1 rings (SSSR count). The van der Waals surface area contributed by atoms with E-state index in [2.05, 4.69) is 41.6 Å². The fourth-order valence-electron chi connectivity index (χ4n) is 1.22. The Labute approximate surface area is 83.8 Å². The Morgan fingerprint density at radius 2 is 2.31 bits per heavy atom. The Morgan fingerprint density at radius 3 is 2.77 bits per heavy atom. The summed E-state index contributed by atoms with van der Waals surface area (Å²) in [7, 11) is 4.15. The Bertz CT molecular complexity index is 257. The zero-order chi connectivity index (χ0) is 9.84. The lowest BCUT2D eigenvalue weighted by molar-refractivity contribution is 0.392. The van der Waals surface area contributed by atoms with E-state index in [1.54, 1.807) is 11.3 Å². The fourth-order valence-corrected chi connectivity index (χ4v) is 2.03. The monoisotopic (exact) mass is 199 g/mol. The van der Waals surface area contributed by atoms with Crippen LogP contribution in [0.1, 0.15) is 12.6 Å². The molecular weight excluding hydrogens is 182 g/mol. The highest BCUT2D eigenvalue weighted by atomic mass is 32.1. The summed E-state index contributed by atoms with van der Waals surface area (Å²) < 4.78 is 0. The molecule has 1 heterocycles.